The van der Waals surface area contributed by atoms with Crippen molar-refractivity contribution in [2.24, 2.45) is 0 Å². The zero-order valence-electron chi connectivity index (χ0n) is 21.8. The third-order valence-corrected chi connectivity index (χ3v) is 7.70. The van der Waals surface area contributed by atoms with Crippen molar-refractivity contribution in [2.75, 3.05) is 6.54 Å². The molecule has 0 radical (unpaired) electrons. The Morgan fingerprint density at radius 2 is 1.54 bits per heavy atom. The molecule has 196 valence electrons. The standard InChI is InChI=1S/C31H35Cl2NO3/c1-20(28(23-7-13-25(33)14-8-23)19-21-5-11-24(32)12-6-21)34-18-17-27(29(34)30(35)36)22-9-15-26(16-10-22)37-31(2,3)4/h5-16,20,27-29H,17-19H2,1-4H3,(H,35,36)/t20?,27?,28?,29-/m0/s1. The second-order valence-corrected chi connectivity index (χ2v) is 11.8. The van der Waals surface area contributed by atoms with Crippen LogP contribution >= 0.6 is 23.2 Å². The zero-order chi connectivity index (χ0) is 26.7. The quantitative estimate of drug-likeness (QED) is 0.316. The van der Waals surface area contributed by atoms with E-state index >= 15 is 0 Å². The minimum absolute atomic E-state index is 0.00792. The van der Waals surface area contributed by atoms with Gasteiger partial charge in [0.15, 0.2) is 0 Å². The molecule has 1 fully saturated rings. The largest absolute Gasteiger partial charge is 0.488 e. The topological polar surface area (TPSA) is 49.8 Å². The van der Waals surface area contributed by atoms with Gasteiger partial charge in [-0.05, 0) is 100 Å². The average Bonchev–Trinajstić information content (AvgIpc) is 3.29. The summed E-state index contributed by atoms with van der Waals surface area (Å²) in [5.41, 5.74) is 3.05. The van der Waals surface area contributed by atoms with Crippen molar-refractivity contribution >= 4 is 29.2 Å². The van der Waals surface area contributed by atoms with Crippen LogP contribution in [0.25, 0.3) is 0 Å². The van der Waals surface area contributed by atoms with Gasteiger partial charge < -0.3 is 9.84 Å². The number of hydrogen-bond acceptors (Lipinski definition) is 3. The van der Waals surface area contributed by atoms with E-state index in [1.54, 1.807) is 0 Å². The van der Waals surface area contributed by atoms with Gasteiger partial charge >= 0.3 is 5.97 Å². The molecule has 0 saturated carbocycles. The van der Waals surface area contributed by atoms with Gasteiger partial charge in [0.05, 0.1) is 0 Å². The second-order valence-electron chi connectivity index (χ2n) is 10.9. The molecule has 37 heavy (non-hydrogen) atoms. The van der Waals surface area contributed by atoms with Gasteiger partial charge in [0.2, 0.25) is 0 Å². The Morgan fingerprint density at radius 3 is 2.08 bits per heavy atom. The molecule has 0 aliphatic carbocycles. The number of hydrogen-bond donors (Lipinski definition) is 1. The number of carbonyl (C=O) groups is 1. The van der Waals surface area contributed by atoms with E-state index in [1.165, 1.54) is 0 Å². The number of aliphatic carboxylic acids is 1. The molecule has 1 aliphatic rings. The monoisotopic (exact) mass is 539 g/mol. The van der Waals surface area contributed by atoms with Crippen LogP contribution in [0.1, 0.15) is 62.6 Å². The van der Waals surface area contributed by atoms with Gasteiger partial charge in [-0.2, -0.15) is 0 Å². The maximum absolute atomic E-state index is 12.7. The van der Waals surface area contributed by atoms with Gasteiger partial charge in [0.25, 0.3) is 0 Å². The predicted molar refractivity (Wildman–Crippen MR) is 151 cm³/mol. The molecular formula is C31H35Cl2NO3. The molecule has 3 unspecified atom stereocenters. The van der Waals surface area contributed by atoms with Crippen molar-refractivity contribution in [2.45, 2.75) is 70.1 Å². The third kappa shape index (κ3) is 6.87. The number of benzene rings is 3. The first-order valence-corrected chi connectivity index (χ1v) is 13.5. The van der Waals surface area contributed by atoms with Gasteiger partial charge in [-0.25, -0.2) is 0 Å². The lowest BCUT2D eigenvalue weighted by Crippen LogP contribution is -2.46. The molecule has 1 N–H and O–H groups in total. The summed E-state index contributed by atoms with van der Waals surface area (Å²) in [4.78, 5) is 14.8. The SMILES string of the molecule is CC(C(Cc1ccc(Cl)cc1)c1ccc(Cl)cc1)N1CCC(c2ccc(OC(C)(C)C)cc2)[C@H]1C(=O)O. The smallest absolute Gasteiger partial charge is 0.321 e. The van der Waals surface area contributed by atoms with Crippen molar-refractivity contribution < 1.29 is 14.6 Å². The number of carboxylic acid groups (broad SMARTS) is 1. The number of rotatable bonds is 8. The Hall–Kier alpha value is -2.53. The summed E-state index contributed by atoms with van der Waals surface area (Å²) in [6.45, 7) is 8.90. The van der Waals surface area contributed by atoms with E-state index in [-0.39, 0.29) is 23.5 Å². The molecule has 3 aromatic carbocycles. The number of carboxylic acids is 1. The van der Waals surface area contributed by atoms with Crippen LogP contribution in [0.4, 0.5) is 0 Å². The Balaban J connectivity index is 1.61. The number of ether oxygens (including phenoxy) is 1. The van der Waals surface area contributed by atoms with Crippen LogP contribution < -0.4 is 4.74 Å². The van der Waals surface area contributed by atoms with Crippen LogP contribution in [0.2, 0.25) is 10.0 Å². The molecule has 4 nitrogen and oxygen atoms in total. The zero-order valence-corrected chi connectivity index (χ0v) is 23.3. The van der Waals surface area contributed by atoms with Crippen LogP contribution in [-0.2, 0) is 11.2 Å². The fraction of sp³-hybridized carbons (Fsp3) is 0.387. The fourth-order valence-corrected chi connectivity index (χ4v) is 5.71. The summed E-state index contributed by atoms with van der Waals surface area (Å²) in [5.74, 6) is -0.00512. The fourth-order valence-electron chi connectivity index (χ4n) is 5.46. The summed E-state index contributed by atoms with van der Waals surface area (Å²) in [6, 6.07) is 23.1. The predicted octanol–water partition coefficient (Wildman–Crippen LogP) is 7.83. The minimum atomic E-state index is -0.786. The molecule has 0 aromatic heterocycles. The van der Waals surface area contributed by atoms with E-state index in [4.69, 9.17) is 27.9 Å². The highest BCUT2D eigenvalue weighted by molar-refractivity contribution is 6.30. The van der Waals surface area contributed by atoms with Crippen molar-refractivity contribution in [1.29, 1.82) is 0 Å². The first kappa shape index (κ1) is 27.5. The van der Waals surface area contributed by atoms with Crippen molar-refractivity contribution in [3.63, 3.8) is 0 Å². The van der Waals surface area contributed by atoms with Crippen LogP contribution in [-0.4, -0.2) is 40.2 Å². The summed E-state index contributed by atoms with van der Waals surface area (Å²) in [5, 5.41) is 11.8. The molecule has 6 heteroatoms. The molecule has 0 spiro atoms. The molecule has 4 atom stereocenters. The van der Waals surface area contributed by atoms with E-state index in [1.807, 2.05) is 81.4 Å². The molecule has 1 heterocycles. The van der Waals surface area contributed by atoms with Crippen molar-refractivity contribution in [1.82, 2.24) is 4.90 Å². The number of halogens is 2. The average molecular weight is 541 g/mol. The minimum Gasteiger partial charge on any atom is -0.488 e. The van der Waals surface area contributed by atoms with E-state index < -0.39 is 12.0 Å². The van der Waals surface area contributed by atoms with Crippen LogP contribution in [0.3, 0.4) is 0 Å². The van der Waals surface area contributed by atoms with Crippen molar-refractivity contribution in [3.8, 4) is 5.75 Å². The second kappa shape index (κ2) is 11.5. The van der Waals surface area contributed by atoms with E-state index in [9.17, 15) is 9.90 Å². The maximum atomic E-state index is 12.7. The first-order chi connectivity index (χ1) is 17.5. The number of nitrogens with zero attached hydrogens (tertiary/aromatic N) is 1. The van der Waals surface area contributed by atoms with Gasteiger partial charge in [0.1, 0.15) is 17.4 Å². The van der Waals surface area contributed by atoms with E-state index in [0.29, 0.717) is 16.6 Å². The Kier molecular flexibility index (Phi) is 8.52. The number of likely N-dealkylation sites (tertiary alicyclic amines) is 1. The van der Waals surface area contributed by atoms with Gasteiger partial charge in [0, 0.05) is 27.9 Å². The maximum Gasteiger partial charge on any atom is 0.321 e. The van der Waals surface area contributed by atoms with Crippen LogP contribution in [0.15, 0.2) is 72.8 Å². The first-order valence-electron chi connectivity index (χ1n) is 12.8. The highest BCUT2D eigenvalue weighted by Crippen LogP contribution is 2.39. The molecule has 0 amide bonds. The lowest BCUT2D eigenvalue weighted by Gasteiger charge is -2.36. The van der Waals surface area contributed by atoms with E-state index in [0.717, 1.165) is 35.3 Å². The highest BCUT2D eigenvalue weighted by atomic mass is 35.5. The molecule has 1 aliphatic heterocycles. The Labute approximate surface area is 230 Å². The van der Waals surface area contributed by atoms with Crippen LogP contribution in [0.5, 0.6) is 5.75 Å². The van der Waals surface area contributed by atoms with Crippen molar-refractivity contribution in [3.05, 3.63) is 99.5 Å². The molecule has 3 aromatic rings. The summed E-state index contributed by atoms with van der Waals surface area (Å²) < 4.78 is 5.96. The lowest BCUT2D eigenvalue weighted by atomic mass is 9.85. The Morgan fingerprint density at radius 1 is 0.973 bits per heavy atom. The summed E-state index contributed by atoms with van der Waals surface area (Å²) in [7, 11) is 0. The highest BCUT2D eigenvalue weighted by Gasteiger charge is 2.44. The molecule has 4 rings (SSSR count). The van der Waals surface area contributed by atoms with Gasteiger partial charge in [-0.1, -0.05) is 59.6 Å². The third-order valence-electron chi connectivity index (χ3n) is 7.19. The van der Waals surface area contributed by atoms with Gasteiger partial charge in [-0.15, -0.1) is 0 Å². The molecule has 0 bridgehead atoms. The summed E-state index contributed by atoms with van der Waals surface area (Å²) >= 11 is 12.3. The van der Waals surface area contributed by atoms with Gasteiger partial charge in [-0.3, -0.25) is 9.69 Å². The molecular weight excluding hydrogens is 505 g/mol. The van der Waals surface area contributed by atoms with E-state index in [2.05, 4.69) is 24.0 Å². The Bertz CT molecular complexity index is 1190. The molecule has 1 saturated heterocycles. The van der Waals surface area contributed by atoms with Crippen LogP contribution in [0, 0.1) is 0 Å². The normalized spacial score (nSPS) is 19.9. The summed E-state index contributed by atoms with van der Waals surface area (Å²) in [6.07, 6.45) is 1.56. The lowest BCUT2D eigenvalue weighted by molar-refractivity contribution is -0.143.